The Morgan fingerprint density at radius 1 is 1.40 bits per heavy atom. The first-order chi connectivity index (χ1) is 7.22. The molecule has 5 nitrogen and oxygen atoms in total. The van der Waals surface area contributed by atoms with Gasteiger partial charge in [0, 0.05) is 13.6 Å². The van der Waals surface area contributed by atoms with Crippen LogP contribution in [0.2, 0.25) is 0 Å². The van der Waals surface area contributed by atoms with Crippen LogP contribution in [-0.2, 0) is 7.05 Å². The summed E-state index contributed by atoms with van der Waals surface area (Å²) in [4.78, 5) is 8.73. The maximum absolute atomic E-state index is 4.38. The van der Waals surface area contributed by atoms with Gasteiger partial charge < -0.3 is 5.32 Å². The molecular weight excluding hydrogens is 190 g/mol. The summed E-state index contributed by atoms with van der Waals surface area (Å²) >= 11 is 0. The molecule has 0 saturated carbocycles. The number of nitrogens with zero attached hydrogens (tertiary/aromatic N) is 4. The number of hydrogen-bond donors (Lipinski definition) is 1. The van der Waals surface area contributed by atoms with Crippen LogP contribution in [0.3, 0.4) is 0 Å². The zero-order valence-corrected chi connectivity index (χ0v) is 9.28. The highest BCUT2D eigenvalue weighted by Crippen LogP contribution is 2.18. The Bertz CT molecular complexity index is 474. The van der Waals surface area contributed by atoms with E-state index in [1.54, 1.807) is 10.9 Å². The molecule has 0 saturated heterocycles. The van der Waals surface area contributed by atoms with Crippen molar-refractivity contribution in [2.45, 2.75) is 20.3 Å². The number of aryl methyl sites for hydroxylation is 2. The molecule has 2 aromatic heterocycles. The van der Waals surface area contributed by atoms with Crippen LogP contribution in [0.25, 0.3) is 11.0 Å². The Morgan fingerprint density at radius 3 is 2.93 bits per heavy atom. The predicted octanol–water partition coefficient (Wildman–Crippen LogP) is 1.49. The van der Waals surface area contributed by atoms with Gasteiger partial charge >= 0.3 is 0 Å². The van der Waals surface area contributed by atoms with Crippen molar-refractivity contribution in [3.63, 3.8) is 0 Å². The van der Waals surface area contributed by atoms with Crippen LogP contribution in [0.1, 0.15) is 19.2 Å². The van der Waals surface area contributed by atoms with E-state index in [0.29, 0.717) is 0 Å². The quantitative estimate of drug-likeness (QED) is 0.824. The molecule has 2 heterocycles. The SMILES string of the molecule is CCCNc1nc(C)nc2c1cnn2C. The van der Waals surface area contributed by atoms with Gasteiger partial charge in [-0.3, -0.25) is 4.68 Å². The van der Waals surface area contributed by atoms with Gasteiger partial charge in [-0.2, -0.15) is 5.10 Å². The van der Waals surface area contributed by atoms with Crippen molar-refractivity contribution in [2.24, 2.45) is 7.05 Å². The predicted molar refractivity (Wildman–Crippen MR) is 59.8 cm³/mol. The topological polar surface area (TPSA) is 55.6 Å². The van der Waals surface area contributed by atoms with Gasteiger partial charge in [-0.15, -0.1) is 0 Å². The Balaban J connectivity index is 2.52. The minimum absolute atomic E-state index is 0.768. The van der Waals surface area contributed by atoms with Crippen LogP contribution >= 0.6 is 0 Å². The lowest BCUT2D eigenvalue weighted by atomic mass is 10.3. The highest BCUT2D eigenvalue weighted by molar-refractivity contribution is 5.86. The third kappa shape index (κ3) is 1.77. The lowest BCUT2D eigenvalue weighted by molar-refractivity contribution is 0.783. The fourth-order valence-electron chi connectivity index (χ4n) is 1.51. The molecule has 0 atom stereocenters. The normalized spacial score (nSPS) is 10.9. The largest absolute Gasteiger partial charge is 0.369 e. The molecular formula is C10H15N5. The maximum atomic E-state index is 4.38. The molecule has 0 aliphatic heterocycles. The van der Waals surface area contributed by atoms with Gasteiger partial charge in [0.25, 0.3) is 0 Å². The first-order valence-electron chi connectivity index (χ1n) is 5.12. The van der Waals surface area contributed by atoms with Crippen molar-refractivity contribution in [1.29, 1.82) is 0 Å². The molecule has 5 heteroatoms. The Kier molecular flexibility index (Phi) is 2.53. The number of hydrogen-bond acceptors (Lipinski definition) is 4. The lowest BCUT2D eigenvalue weighted by Gasteiger charge is -2.05. The highest BCUT2D eigenvalue weighted by Gasteiger charge is 2.08. The molecule has 0 aromatic carbocycles. The molecule has 0 unspecified atom stereocenters. The second-order valence-corrected chi connectivity index (χ2v) is 3.55. The van der Waals surface area contributed by atoms with Gasteiger partial charge in [-0.1, -0.05) is 6.92 Å². The van der Waals surface area contributed by atoms with Crippen LogP contribution in [0.4, 0.5) is 5.82 Å². The number of aromatic nitrogens is 4. The van der Waals surface area contributed by atoms with E-state index in [2.05, 4.69) is 27.3 Å². The second kappa shape index (κ2) is 3.84. The molecule has 0 radical (unpaired) electrons. The fraction of sp³-hybridized carbons (Fsp3) is 0.500. The molecule has 0 aliphatic rings. The lowest BCUT2D eigenvalue weighted by Crippen LogP contribution is -2.05. The van der Waals surface area contributed by atoms with Crippen molar-refractivity contribution in [3.8, 4) is 0 Å². The third-order valence-corrected chi connectivity index (χ3v) is 2.25. The van der Waals surface area contributed by atoms with E-state index in [-0.39, 0.29) is 0 Å². The minimum Gasteiger partial charge on any atom is -0.369 e. The smallest absolute Gasteiger partial charge is 0.163 e. The van der Waals surface area contributed by atoms with Gasteiger partial charge in [0.1, 0.15) is 11.6 Å². The molecule has 80 valence electrons. The Morgan fingerprint density at radius 2 is 2.20 bits per heavy atom. The monoisotopic (exact) mass is 205 g/mol. The van der Waals surface area contributed by atoms with E-state index in [1.807, 2.05) is 14.0 Å². The van der Waals surface area contributed by atoms with E-state index in [1.165, 1.54) is 0 Å². The van der Waals surface area contributed by atoms with Crippen molar-refractivity contribution >= 4 is 16.9 Å². The van der Waals surface area contributed by atoms with Gasteiger partial charge in [0.2, 0.25) is 0 Å². The molecule has 2 aromatic rings. The number of nitrogens with one attached hydrogen (secondary N) is 1. The Hall–Kier alpha value is -1.65. The minimum atomic E-state index is 0.768. The molecule has 0 spiro atoms. The van der Waals surface area contributed by atoms with Gasteiger partial charge in [-0.25, -0.2) is 9.97 Å². The standard InChI is InChI=1S/C10H15N5/c1-4-5-11-9-8-6-12-15(3)10(8)14-7(2)13-9/h6H,4-5H2,1-3H3,(H,11,13,14). The van der Waals surface area contributed by atoms with Crippen LogP contribution in [0.15, 0.2) is 6.20 Å². The zero-order valence-electron chi connectivity index (χ0n) is 9.28. The average Bonchev–Trinajstić information content (AvgIpc) is 2.57. The van der Waals surface area contributed by atoms with Crippen LogP contribution in [0.5, 0.6) is 0 Å². The van der Waals surface area contributed by atoms with Gasteiger partial charge in [-0.05, 0) is 13.3 Å². The van der Waals surface area contributed by atoms with Crippen LogP contribution < -0.4 is 5.32 Å². The van der Waals surface area contributed by atoms with Crippen molar-refractivity contribution in [3.05, 3.63) is 12.0 Å². The zero-order chi connectivity index (χ0) is 10.8. The van der Waals surface area contributed by atoms with E-state index in [9.17, 15) is 0 Å². The third-order valence-electron chi connectivity index (χ3n) is 2.25. The number of rotatable bonds is 3. The first kappa shape index (κ1) is 9.89. The number of fused-ring (bicyclic) bond motifs is 1. The maximum Gasteiger partial charge on any atom is 0.163 e. The Labute approximate surface area is 88.5 Å². The molecule has 2 rings (SSSR count). The van der Waals surface area contributed by atoms with Crippen LogP contribution in [0, 0.1) is 6.92 Å². The summed E-state index contributed by atoms with van der Waals surface area (Å²) in [5.41, 5.74) is 0.876. The van der Waals surface area contributed by atoms with E-state index < -0.39 is 0 Å². The average molecular weight is 205 g/mol. The van der Waals surface area contributed by atoms with E-state index >= 15 is 0 Å². The molecule has 15 heavy (non-hydrogen) atoms. The summed E-state index contributed by atoms with van der Waals surface area (Å²) in [6.45, 7) is 4.94. The molecule has 0 amide bonds. The summed E-state index contributed by atoms with van der Waals surface area (Å²) in [5.74, 6) is 1.65. The molecule has 0 fully saturated rings. The molecule has 0 aliphatic carbocycles. The number of anilines is 1. The summed E-state index contributed by atoms with van der Waals surface area (Å²) in [5, 5.41) is 8.45. The summed E-state index contributed by atoms with van der Waals surface area (Å²) < 4.78 is 1.77. The van der Waals surface area contributed by atoms with E-state index in [0.717, 1.165) is 35.6 Å². The molecule has 0 bridgehead atoms. The molecule has 1 N–H and O–H groups in total. The van der Waals surface area contributed by atoms with Crippen molar-refractivity contribution in [2.75, 3.05) is 11.9 Å². The van der Waals surface area contributed by atoms with E-state index in [4.69, 9.17) is 0 Å². The second-order valence-electron chi connectivity index (χ2n) is 3.55. The summed E-state index contributed by atoms with van der Waals surface area (Å²) in [6, 6.07) is 0. The van der Waals surface area contributed by atoms with Crippen LogP contribution in [-0.4, -0.2) is 26.3 Å². The van der Waals surface area contributed by atoms with Gasteiger partial charge in [0.05, 0.1) is 11.6 Å². The summed E-state index contributed by atoms with van der Waals surface area (Å²) in [7, 11) is 1.89. The fourth-order valence-corrected chi connectivity index (χ4v) is 1.51. The highest BCUT2D eigenvalue weighted by atomic mass is 15.3. The van der Waals surface area contributed by atoms with Gasteiger partial charge in [0.15, 0.2) is 5.65 Å². The van der Waals surface area contributed by atoms with Crippen molar-refractivity contribution in [1.82, 2.24) is 19.7 Å². The summed E-state index contributed by atoms with van der Waals surface area (Å²) in [6.07, 6.45) is 2.87. The first-order valence-corrected chi connectivity index (χ1v) is 5.12. The van der Waals surface area contributed by atoms with Crippen molar-refractivity contribution < 1.29 is 0 Å².